The molecule has 2 aromatic carbocycles. The minimum absolute atomic E-state index is 0.0731. The summed E-state index contributed by atoms with van der Waals surface area (Å²) >= 11 is 6.17. The van der Waals surface area contributed by atoms with E-state index in [1.165, 1.54) is 18.2 Å². The molecule has 0 aliphatic carbocycles. The Balaban J connectivity index is 2.24. The van der Waals surface area contributed by atoms with Gasteiger partial charge in [-0.25, -0.2) is 13.2 Å². The van der Waals surface area contributed by atoms with Gasteiger partial charge in [-0.2, -0.15) is 9.21 Å². The van der Waals surface area contributed by atoms with Gasteiger partial charge in [0.25, 0.3) is 10.0 Å². The second-order valence-electron chi connectivity index (χ2n) is 5.53. The molecule has 6 nitrogen and oxygen atoms in total. The zero-order chi connectivity index (χ0) is 16.6. The molecule has 2 aliphatic rings. The lowest BCUT2D eigenvalue weighted by Gasteiger charge is -2.39. The van der Waals surface area contributed by atoms with Crippen LogP contribution in [0.1, 0.15) is 15.9 Å². The molecule has 1 atom stereocenters. The van der Waals surface area contributed by atoms with E-state index in [0.29, 0.717) is 5.69 Å². The number of quaternary nitrogens is 1. The highest BCUT2D eigenvalue weighted by Crippen LogP contribution is 2.50. The molecular weight excluding hydrogens is 340 g/mol. The SMILES string of the molecule is C[N+]12C(=O)NS(=O)(=O)c3cccc(c31)C(=O)c1c(Cl)cccc12. The highest BCUT2D eigenvalue weighted by atomic mass is 35.5. The lowest BCUT2D eigenvalue weighted by molar-refractivity contribution is 0.103. The number of rotatable bonds is 0. The molecule has 2 aliphatic heterocycles. The number of amides is 2. The Labute approximate surface area is 136 Å². The van der Waals surface area contributed by atoms with Gasteiger partial charge in [0.2, 0.25) is 5.78 Å². The van der Waals surface area contributed by atoms with E-state index in [0.717, 1.165) is 0 Å². The first-order chi connectivity index (χ1) is 10.8. The van der Waals surface area contributed by atoms with Crippen LogP contribution < -0.4 is 9.21 Å². The van der Waals surface area contributed by atoms with Crippen LogP contribution in [0.3, 0.4) is 0 Å². The van der Waals surface area contributed by atoms with Crippen LogP contribution in [-0.4, -0.2) is 27.3 Å². The van der Waals surface area contributed by atoms with Crippen molar-refractivity contribution in [2.75, 3.05) is 7.05 Å². The number of benzene rings is 2. The van der Waals surface area contributed by atoms with E-state index in [1.807, 2.05) is 4.72 Å². The lowest BCUT2D eigenvalue weighted by atomic mass is 9.92. The lowest BCUT2D eigenvalue weighted by Crippen LogP contribution is -2.59. The number of sulfonamides is 1. The first kappa shape index (κ1) is 14.4. The van der Waals surface area contributed by atoms with Crippen molar-refractivity contribution >= 4 is 44.8 Å². The number of hydrogen-bond acceptors (Lipinski definition) is 4. The van der Waals surface area contributed by atoms with Crippen LogP contribution in [0.5, 0.6) is 0 Å². The van der Waals surface area contributed by atoms with Crippen LogP contribution >= 0.6 is 11.6 Å². The number of hydrogen-bond donors (Lipinski definition) is 1. The van der Waals surface area contributed by atoms with Crippen molar-refractivity contribution in [1.82, 2.24) is 9.21 Å². The van der Waals surface area contributed by atoms with Crippen LogP contribution in [0.2, 0.25) is 5.02 Å². The number of nitrogens with zero attached hydrogens (tertiary/aromatic N) is 1. The summed E-state index contributed by atoms with van der Waals surface area (Å²) in [5.41, 5.74) is 0.908. The second kappa shape index (κ2) is 4.19. The Hall–Kier alpha value is -2.22. The van der Waals surface area contributed by atoms with Gasteiger partial charge in [-0.05, 0) is 18.2 Å². The first-order valence-electron chi connectivity index (χ1n) is 6.69. The number of halogens is 1. The predicted molar refractivity (Wildman–Crippen MR) is 84.4 cm³/mol. The number of urea groups is 1. The molecular formula is C15H10ClN2O4S+. The van der Waals surface area contributed by atoms with Gasteiger partial charge in [0, 0.05) is 6.07 Å². The average molecular weight is 350 g/mol. The molecule has 2 aromatic rings. The van der Waals surface area contributed by atoms with Crippen molar-refractivity contribution in [3.05, 3.63) is 52.5 Å². The van der Waals surface area contributed by atoms with Gasteiger partial charge in [0.05, 0.1) is 17.6 Å². The van der Waals surface area contributed by atoms with Gasteiger partial charge < -0.3 is 0 Å². The quantitative estimate of drug-likeness (QED) is 0.741. The van der Waals surface area contributed by atoms with Crippen LogP contribution in [0.25, 0.3) is 0 Å². The molecule has 0 fully saturated rings. The molecule has 0 spiro atoms. The van der Waals surface area contributed by atoms with Gasteiger partial charge in [0.15, 0.2) is 16.3 Å². The number of carbonyl (C=O) groups excluding carboxylic acids is 2. The molecule has 0 aromatic heterocycles. The molecule has 4 rings (SSSR count). The Morgan fingerprint density at radius 2 is 1.78 bits per heavy atom. The van der Waals surface area contributed by atoms with Crippen molar-refractivity contribution in [3.8, 4) is 0 Å². The Morgan fingerprint density at radius 1 is 1.09 bits per heavy atom. The van der Waals surface area contributed by atoms with Gasteiger partial charge >= 0.3 is 6.03 Å². The van der Waals surface area contributed by atoms with E-state index in [4.69, 9.17) is 11.6 Å². The van der Waals surface area contributed by atoms with Crippen molar-refractivity contribution in [1.29, 1.82) is 0 Å². The molecule has 2 amide bonds. The number of para-hydroxylation sites is 1. The topological polar surface area (TPSA) is 80.3 Å². The number of carbonyl (C=O) groups is 2. The van der Waals surface area contributed by atoms with Crippen LogP contribution in [0, 0.1) is 0 Å². The van der Waals surface area contributed by atoms with Crippen molar-refractivity contribution in [2.45, 2.75) is 4.90 Å². The summed E-state index contributed by atoms with van der Waals surface area (Å²) in [4.78, 5) is 25.4. The standard InChI is InChI=1S/C15H9ClN2O4S/c1-18-10-6-3-5-9(16)12(10)14(19)8-4-2-7-11(13(8)18)23(21,22)17-15(18)20/h2-7H,1H3/p+1. The second-order valence-corrected chi connectivity index (χ2v) is 7.59. The maximum atomic E-state index is 12.8. The highest BCUT2D eigenvalue weighted by molar-refractivity contribution is 7.90. The maximum Gasteiger partial charge on any atom is 0.440 e. The largest absolute Gasteiger partial charge is 0.440 e. The molecule has 0 radical (unpaired) electrons. The highest BCUT2D eigenvalue weighted by Gasteiger charge is 2.55. The minimum atomic E-state index is -4.00. The fraction of sp³-hybridized carbons (Fsp3) is 0.0667. The fourth-order valence-corrected chi connectivity index (χ4v) is 4.80. The van der Waals surface area contributed by atoms with Gasteiger partial charge in [-0.15, -0.1) is 0 Å². The molecule has 116 valence electrons. The summed E-state index contributed by atoms with van der Waals surface area (Å²) in [6, 6.07) is 8.43. The summed E-state index contributed by atoms with van der Waals surface area (Å²) in [5, 5.41) is 0.226. The third-order valence-corrected chi connectivity index (χ3v) is 5.98. The molecule has 23 heavy (non-hydrogen) atoms. The molecule has 8 heteroatoms. The summed E-state index contributed by atoms with van der Waals surface area (Å²) < 4.78 is 26.1. The summed E-state index contributed by atoms with van der Waals surface area (Å²) in [6.07, 6.45) is 0. The van der Waals surface area contributed by atoms with Crippen molar-refractivity contribution in [3.63, 3.8) is 0 Å². The van der Waals surface area contributed by atoms with Crippen LogP contribution in [-0.2, 0) is 10.0 Å². The molecule has 0 saturated carbocycles. The van der Waals surface area contributed by atoms with Crippen molar-refractivity contribution in [2.24, 2.45) is 0 Å². The number of nitrogens with one attached hydrogen (secondary N) is 1. The van der Waals surface area contributed by atoms with E-state index in [9.17, 15) is 18.0 Å². The molecule has 1 unspecified atom stereocenters. The third kappa shape index (κ3) is 1.59. The van der Waals surface area contributed by atoms with Gasteiger partial charge in [0.1, 0.15) is 5.56 Å². The molecule has 1 N–H and O–H groups in total. The van der Waals surface area contributed by atoms with E-state index in [2.05, 4.69) is 0 Å². The first-order valence-corrected chi connectivity index (χ1v) is 8.56. The molecule has 0 bridgehead atoms. The zero-order valence-electron chi connectivity index (χ0n) is 11.8. The summed E-state index contributed by atoms with van der Waals surface area (Å²) in [6.45, 7) is 0. The number of ketones is 1. The number of fused-ring (bicyclic) bond motifs is 2. The van der Waals surface area contributed by atoms with Crippen molar-refractivity contribution < 1.29 is 18.0 Å². The van der Waals surface area contributed by atoms with Gasteiger partial charge in [-0.3, -0.25) is 4.79 Å². The van der Waals surface area contributed by atoms with E-state index >= 15 is 0 Å². The fourth-order valence-electron chi connectivity index (χ4n) is 3.22. The van der Waals surface area contributed by atoms with E-state index in [1.54, 1.807) is 25.2 Å². The predicted octanol–water partition coefficient (Wildman–Crippen LogP) is 2.57. The Morgan fingerprint density at radius 3 is 2.52 bits per heavy atom. The van der Waals surface area contributed by atoms with Gasteiger partial charge in [-0.1, -0.05) is 23.7 Å². The average Bonchev–Trinajstić information content (AvgIpc) is 2.50. The van der Waals surface area contributed by atoms with Crippen LogP contribution in [0.4, 0.5) is 16.2 Å². The molecule has 0 saturated heterocycles. The van der Waals surface area contributed by atoms with Crippen LogP contribution in [0.15, 0.2) is 41.3 Å². The van der Waals surface area contributed by atoms with E-state index in [-0.39, 0.29) is 32.5 Å². The zero-order valence-corrected chi connectivity index (χ0v) is 13.4. The normalized spacial score (nSPS) is 23.7. The smallest absolute Gasteiger partial charge is 0.288 e. The summed E-state index contributed by atoms with van der Waals surface area (Å²) in [7, 11) is -2.45. The Kier molecular flexibility index (Phi) is 2.62. The maximum absolute atomic E-state index is 12.8. The minimum Gasteiger partial charge on any atom is -0.288 e. The summed E-state index contributed by atoms with van der Waals surface area (Å²) in [5.74, 6) is -0.386. The van der Waals surface area contributed by atoms with E-state index < -0.39 is 20.5 Å². The monoisotopic (exact) mass is 349 g/mol. The molecule has 2 heterocycles. The third-order valence-electron chi connectivity index (χ3n) is 4.31. The Bertz CT molecular complexity index is 1030.